The molecule has 1 aliphatic heterocycles. The molecule has 0 aromatic heterocycles. The maximum atomic E-state index is 13.6. The van der Waals surface area contributed by atoms with E-state index < -0.39 is 52.5 Å². The zero-order valence-electron chi connectivity index (χ0n) is 21.8. The van der Waals surface area contributed by atoms with Gasteiger partial charge in [0, 0.05) is 30.2 Å². The molecule has 2 fully saturated rings. The number of benzene rings is 1. The molecule has 8 atom stereocenters. The zero-order valence-corrected chi connectivity index (χ0v) is 21.8. The molecule has 1 saturated heterocycles. The lowest BCUT2D eigenvalue weighted by Gasteiger charge is -2.48. The lowest BCUT2D eigenvalue weighted by Crippen LogP contribution is -2.58. The quantitative estimate of drug-likeness (QED) is 0.190. The Morgan fingerprint density at radius 1 is 1.30 bits per heavy atom. The van der Waals surface area contributed by atoms with Crippen LogP contribution >= 0.6 is 0 Å². The van der Waals surface area contributed by atoms with Gasteiger partial charge in [0.1, 0.15) is 11.9 Å². The van der Waals surface area contributed by atoms with Gasteiger partial charge in [-0.2, -0.15) is 0 Å². The van der Waals surface area contributed by atoms with Crippen molar-refractivity contribution in [2.75, 3.05) is 7.11 Å². The minimum atomic E-state index is -1.78. The number of carbonyl (C=O) groups excluding carboxylic acids is 4. The van der Waals surface area contributed by atoms with Crippen LogP contribution in [0, 0.1) is 29.1 Å². The number of allylic oxidation sites excluding steroid dienone is 1. The van der Waals surface area contributed by atoms with E-state index in [1.54, 1.807) is 19.1 Å². The van der Waals surface area contributed by atoms with Gasteiger partial charge in [-0.15, -0.1) is 0 Å². The molecule has 1 aromatic carbocycles. The largest absolute Gasteiger partial charge is 0.468 e. The molecule has 0 radical (unpaired) electrons. The molecule has 1 aromatic rings. The molecule has 0 spiro atoms. The molecule has 0 bridgehead atoms. The normalized spacial score (nSPS) is 31.8. The molecule has 3 N–H and O–H groups in total. The molecule has 200 valence electrons. The smallest absolute Gasteiger partial charge is 0.322 e. The van der Waals surface area contributed by atoms with Crippen molar-refractivity contribution in [3.8, 4) is 0 Å². The fourth-order valence-corrected chi connectivity index (χ4v) is 6.11. The van der Waals surface area contributed by atoms with E-state index >= 15 is 0 Å². The summed E-state index contributed by atoms with van der Waals surface area (Å²) in [5.41, 5.74) is -1.94. The van der Waals surface area contributed by atoms with Crippen LogP contribution in [0.5, 0.6) is 0 Å². The van der Waals surface area contributed by atoms with Crippen molar-refractivity contribution >= 4 is 23.9 Å². The van der Waals surface area contributed by atoms with Crippen molar-refractivity contribution < 1.29 is 34.1 Å². The van der Waals surface area contributed by atoms with Crippen molar-refractivity contribution in [3.63, 3.8) is 0 Å². The zero-order chi connectivity index (χ0) is 27.5. The van der Waals surface area contributed by atoms with E-state index in [1.165, 1.54) is 14.0 Å². The van der Waals surface area contributed by atoms with Gasteiger partial charge in [-0.25, -0.2) is 0 Å². The van der Waals surface area contributed by atoms with E-state index in [2.05, 4.69) is 11.9 Å². The standard InChI is InChI=1S/C29H37NO7/c1-17(25(33)28(4,36)14-15-31)10-9-13-21-24(32)19(3)18(2)23-22(16-20-11-7-6-8-12-20)30-26(34)29(21,23)27(35)37-5/h6-9,11-13,15,17-18,21-24,32,36H,3,10,14,16H2,1-2,4-5H3,(H,30,34)/b13-9+/t17-,18+,21-,22-,23-,24+,28?,29+/m0/s1. The number of nitrogens with one attached hydrogen (secondary N) is 1. The van der Waals surface area contributed by atoms with Gasteiger partial charge in [-0.3, -0.25) is 14.4 Å². The lowest BCUT2D eigenvalue weighted by atomic mass is 9.53. The average Bonchev–Trinajstić information content (AvgIpc) is 3.16. The van der Waals surface area contributed by atoms with Gasteiger partial charge in [0.25, 0.3) is 0 Å². The second kappa shape index (κ2) is 11.1. The highest BCUT2D eigenvalue weighted by molar-refractivity contribution is 6.06. The summed E-state index contributed by atoms with van der Waals surface area (Å²) in [5.74, 6) is -4.20. The van der Waals surface area contributed by atoms with Crippen LogP contribution in [-0.4, -0.2) is 59.0 Å². The number of aliphatic hydroxyl groups is 2. The summed E-state index contributed by atoms with van der Waals surface area (Å²) in [5, 5.41) is 24.5. The van der Waals surface area contributed by atoms with Crippen LogP contribution < -0.4 is 5.32 Å². The Morgan fingerprint density at radius 2 is 1.95 bits per heavy atom. The van der Waals surface area contributed by atoms with Crippen molar-refractivity contribution in [1.82, 2.24) is 5.32 Å². The number of ether oxygens (including phenoxy) is 1. The van der Waals surface area contributed by atoms with E-state index in [0.717, 1.165) is 5.56 Å². The van der Waals surface area contributed by atoms with Gasteiger partial charge in [0.15, 0.2) is 11.2 Å². The van der Waals surface area contributed by atoms with Gasteiger partial charge in [0.2, 0.25) is 5.91 Å². The topological polar surface area (TPSA) is 130 Å². The van der Waals surface area contributed by atoms with Crippen LogP contribution in [0.1, 0.15) is 39.2 Å². The van der Waals surface area contributed by atoms with E-state index in [0.29, 0.717) is 18.3 Å². The number of methoxy groups -OCH3 is 1. The Bertz CT molecular complexity index is 1080. The first-order valence-corrected chi connectivity index (χ1v) is 12.6. The van der Waals surface area contributed by atoms with Crippen molar-refractivity contribution in [1.29, 1.82) is 0 Å². The van der Waals surface area contributed by atoms with E-state index in [1.807, 2.05) is 37.3 Å². The predicted octanol–water partition coefficient (Wildman–Crippen LogP) is 2.18. The van der Waals surface area contributed by atoms with Crippen LogP contribution in [0.3, 0.4) is 0 Å². The third kappa shape index (κ3) is 5.05. The molecule has 1 saturated carbocycles. The summed E-state index contributed by atoms with van der Waals surface area (Å²) < 4.78 is 5.17. The molecule has 1 unspecified atom stereocenters. The van der Waals surface area contributed by atoms with Crippen molar-refractivity contribution in [2.45, 2.75) is 57.8 Å². The average molecular weight is 512 g/mol. The highest BCUT2D eigenvalue weighted by Gasteiger charge is 2.69. The van der Waals surface area contributed by atoms with Gasteiger partial charge < -0.3 is 25.1 Å². The number of ketones is 1. The Morgan fingerprint density at radius 3 is 2.54 bits per heavy atom. The molecule has 1 amide bonds. The monoisotopic (exact) mass is 511 g/mol. The van der Waals surface area contributed by atoms with E-state index in [9.17, 15) is 29.4 Å². The molecule has 8 heteroatoms. The molecule has 1 aliphatic carbocycles. The number of hydrogen-bond donors (Lipinski definition) is 3. The van der Waals surface area contributed by atoms with Crippen LogP contribution in [0.2, 0.25) is 0 Å². The number of carbonyl (C=O) groups is 4. The number of amides is 1. The van der Waals surface area contributed by atoms with Crippen molar-refractivity contribution in [2.24, 2.45) is 29.1 Å². The van der Waals surface area contributed by atoms with Crippen LogP contribution in [0.25, 0.3) is 0 Å². The summed E-state index contributed by atoms with van der Waals surface area (Å²) in [6.45, 7) is 8.89. The summed E-state index contributed by atoms with van der Waals surface area (Å²) >= 11 is 0. The molecule has 1 heterocycles. The molecular formula is C29H37NO7. The first-order chi connectivity index (χ1) is 17.4. The van der Waals surface area contributed by atoms with Gasteiger partial charge in [0.05, 0.1) is 13.2 Å². The van der Waals surface area contributed by atoms with Crippen LogP contribution in [-0.2, 0) is 30.3 Å². The SMILES string of the molecule is C=C1[C@@H](C)[C@H]2[C@H](Cc3ccccc3)NC(=O)[C@@]2(C(=O)OC)[C@@H](/C=C/C[C@H](C)C(=O)C(C)(O)CC=O)[C@@H]1O. The fourth-order valence-electron chi connectivity index (χ4n) is 6.11. The van der Waals surface area contributed by atoms with Gasteiger partial charge in [-0.05, 0) is 36.8 Å². The molecule has 37 heavy (non-hydrogen) atoms. The minimum absolute atomic E-state index is 0.177. The minimum Gasteiger partial charge on any atom is -0.468 e. The number of hydrogen-bond acceptors (Lipinski definition) is 7. The van der Waals surface area contributed by atoms with E-state index in [-0.39, 0.29) is 24.8 Å². The second-order valence-electron chi connectivity index (χ2n) is 10.6. The number of aldehydes is 1. The molecule has 3 rings (SSSR count). The summed E-state index contributed by atoms with van der Waals surface area (Å²) in [4.78, 5) is 50.5. The maximum Gasteiger partial charge on any atom is 0.322 e. The summed E-state index contributed by atoms with van der Waals surface area (Å²) in [6.07, 6.45) is 2.90. The highest BCUT2D eigenvalue weighted by Crippen LogP contribution is 2.56. The Kier molecular flexibility index (Phi) is 8.55. The first kappa shape index (κ1) is 28.5. The molecular weight excluding hydrogens is 474 g/mol. The Balaban J connectivity index is 1.98. The van der Waals surface area contributed by atoms with Crippen LogP contribution in [0.15, 0.2) is 54.6 Å². The molecule has 2 aliphatic rings. The van der Waals surface area contributed by atoms with Crippen molar-refractivity contribution in [3.05, 3.63) is 60.2 Å². The fraction of sp³-hybridized carbons (Fsp3) is 0.517. The summed E-state index contributed by atoms with van der Waals surface area (Å²) in [6, 6.07) is 9.25. The summed E-state index contributed by atoms with van der Waals surface area (Å²) in [7, 11) is 1.23. The number of esters is 1. The van der Waals surface area contributed by atoms with Gasteiger partial charge >= 0.3 is 5.97 Å². The third-order valence-corrected chi connectivity index (χ3v) is 8.13. The maximum absolute atomic E-state index is 13.6. The Hall–Kier alpha value is -3.10. The first-order valence-electron chi connectivity index (χ1n) is 12.6. The highest BCUT2D eigenvalue weighted by atomic mass is 16.5. The number of fused-ring (bicyclic) bond motifs is 1. The number of aliphatic hydroxyl groups excluding tert-OH is 1. The van der Waals surface area contributed by atoms with Gasteiger partial charge in [-0.1, -0.05) is 62.9 Å². The van der Waals surface area contributed by atoms with Crippen LogP contribution in [0.4, 0.5) is 0 Å². The lowest BCUT2D eigenvalue weighted by molar-refractivity contribution is -0.169. The Labute approximate surface area is 217 Å². The number of Topliss-reactive ketones (excluding diaryl/α,β-unsaturated/α-hetero) is 1. The van der Waals surface area contributed by atoms with E-state index in [4.69, 9.17) is 4.74 Å². The third-order valence-electron chi connectivity index (χ3n) is 8.13. The second-order valence-corrected chi connectivity index (χ2v) is 10.6. The molecule has 8 nitrogen and oxygen atoms in total. The predicted molar refractivity (Wildman–Crippen MR) is 137 cm³/mol. The number of rotatable bonds is 10.